The first kappa shape index (κ1) is 7.38. The Hall–Kier alpha value is -0.730. The fraction of sp³-hybridized carbons (Fsp3) is 0.286. The Balaban J connectivity index is 2.73. The van der Waals surface area contributed by atoms with Crippen LogP contribution in [0.3, 0.4) is 0 Å². The number of allylic oxidation sites excluding steroid dienone is 4. The molecule has 0 aromatic heterocycles. The number of hydrogen-bond acceptors (Lipinski definition) is 0. The molecule has 3 heteroatoms. The van der Waals surface area contributed by atoms with Gasteiger partial charge in [0.2, 0.25) is 0 Å². The SMILES string of the molecule is FC(F)(F)C1=CC[CH]C=C1. The molecule has 0 aromatic carbocycles. The fourth-order valence-electron chi connectivity index (χ4n) is 0.724. The quantitative estimate of drug-likeness (QED) is 0.494. The maximum Gasteiger partial charge on any atom is 0.416 e. The topological polar surface area (TPSA) is 0 Å². The Labute approximate surface area is 57.0 Å². The average molecular weight is 147 g/mol. The van der Waals surface area contributed by atoms with Crippen LogP contribution in [0, 0.1) is 6.42 Å². The zero-order valence-electron chi connectivity index (χ0n) is 5.15. The highest BCUT2D eigenvalue weighted by Gasteiger charge is 2.31. The lowest BCUT2D eigenvalue weighted by Gasteiger charge is -2.09. The van der Waals surface area contributed by atoms with E-state index >= 15 is 0 Å². The van der Waals surface area contributed by atoms with E-state index in [1.54, 1.807) is 6.42 Å². The molecule has 0 amide bonds. The molecule has 0 saturated heterocycles. The summed E-state index contributed by atoms with van der Waals surface area (Å²) in [6.45, 7) is 0. The van der Waals surface area contributed by atoms with Crippen LogP contribution in [-0.2, 0) is 0 Å². The molecule has 0 fully saturated rings. The number of rotatable bonds is 0. The lowest BCUT2D eigenvalue weighted by molar-refractivity contribution is -0.0885. The van der Waals surface area contributed by atoms with Gasteiger partial charge in [0, 0.05) is 0 Å². The summed E-state index contributed by atoms with van der Waals surface area (Å²) in [5.74, 6) is 0. The number of alkyl halides is 3. The van der Waals surface area contributed by atoms with Crippen molar-refractivity contribution in [3.05, 3.63) is 30.2 Å². The molecule has 0 heterocycles. The average Bonchev–Trinajstić information content (AvgIpc) is 1.88. The van der Waals surface area contributed by atoms with Gasteiger partial charge in [0.05, 0.1) is 5.57 Å². The standard InChI is InChI=1S/C7H6F3/c8-7(9,10)6-4-2-1-3-5-6/h1-2,4-5H,3H2. The molecule has 0 saturated carbocycles. The van der Waals surface area contributed by atoms with Crippen molar-refractivity contribution in [1.82, 2.24) is 0 Å². The third-order valence-electron chi connectivity index (χ3n) is 1.21. The van der Waals surface area contributed by atoms with E-state index in [0.717, 1.165) is 6.08 Å². The van der Waals surface area contributed by atoms with E-state index in [1.165, 1.54) is 12.2 Å². The van der Waals surface area contributed by atoms with Crippen molar-refractivity contribution in [3.63, 3.8) is 0 Å². The van der Waals surface area contributed by atoms with Gasteiger partial charge in [0.1, 0.15) is 0 Å². The monoisotopic (exact) mass is 147 g/mol. The van der Waals surface area contributed by atoms with Crippen LogP contribution in [0.15, 0.2) is 23.8 Å². The van der Waals surface area contributed by atoms with E-state index in [-0.39, 0.29) is 0 Å². The first-order chi connectivity index (χ1) is 4.61. The Morgan fingerprint density at radius 3 is 2.30 bits per heavy atom. The van der Waals surface area contributed by atoms with Crippen LogP contribution < -0.4 is 0 Å². The van der Waals surface area contributed by atoms with Crippen molar-refractivity contribution in [2.75, 3.05) is 0 Å². The van der Waals surface area contributed by atoms with Gasteiger partial charge < -0.3 is 0 Å². The van der Waals surface area contributed by atoms with Crippen molar-refractivity contribution >= 4 is 0 Å². The lowest BCUT2D eigenvalue weighted by Crippen LogP contribution is -2.10. The van der Waals surface area contributed by atoms with Crippen molar-refractivity contribution < 1.29 is 13.2 Å². The van der Waals surface area contributed by atoms with Gasteiger partial charge in [0.25, 0.3) is 0 Å². The Kier molecular flexibility index (Phi) is 1.83. The van der Waals surface area contributed by atoms with Crippen LogP contribution in [0.25, 0.3) is 0 Å². The van der Waals surface area contributed by atoms with Crippen LogP contribution in [0.4, 0.5) is 13.2 Å². The highest BCUT2D eigenvalue weighted by Crippen LogP contribution is 2.28. The molecule has 0 aliphatic heterocycles. The molecule has 1 aliphatic rings. The molecular weight excluding hydrogens is 141 g/mol. The second kappa shape index (κ2) is 2.48. The summed E-state index contributed by atoms with van der Waals surface area (Å²) < 4.78 is 35.4. The summed E-state index contributed by atoms with van der Waals surface area (Å²) in [4.78, 5) is 0. The molecule has 0 atom stereocenters. The van der Waals surface area contributed by atoms with Crippen LogP contribution in [0.1, 0.15) is 6.42 Å². The Morgan fingerprint density at radius 2 is 2.00 bits per heavy atom. The molecule has 1 aliphatic carbocycles. The third kappa shape index (κ3) is 1.62. The molecule has 0 unspecified atom stereocenters. The number of hydrogen-bond donors (Lipinski definition) is 0. The molecule has 0 aromatic rings. The summed E-state index contributed by atoms with van der Waals surface area (Å²) >= 11 is 0. The van der Waals surface area contributed by atoms with Gasteiger partial charge in [-0.05, 0) is 12.8 Å². The van der Waals surface area contributed by atoms with E-state index in [2.05, 4.69) is 0 Å². The van der Waals surface area contributed by atoms with Gasteiger partial charge in [-0.3, -0.25) is 0 Å². The first-order valence-corrected chi connectivity index (χ1v) is 2.88. The summed E-state index contributed by atoms with van der Waals surface area (Å²) in [6.07, 6.45) is 1.54. The minimum Gasteiger partial charge on any atom is -0.166 e. The maximum absolute atomic E-state index is 11.8. The van der Waals surface area contributed by atoms with Crippen molar-refractivity contribution in [2.45, 2.75) is 12.6 Å². The zero-order chi connectivity index (χ0) is 7.61. The third-order valence-corrected chi connectivity index (χ3v) is 1.21. The molecule has 1 rings (SSSR count). The van der Waals surface area contributed by atoms with Gasteiger partial charge in [-0.15, -0.1) is 0 Å². The molecule has 0 nitrogen and oxygen atoms in total. The highest BCUT2D eigenvalue weighted by molar-refractivity contribution is 5.29. The smallest absolute Gasteiger partial charge is 0.166 e. The van der Waals surface area contributed by atoms with Crippen molar-refractivity contribution in [3.8, 4) is 0 Å². The summed E-state index contributed by atoms with van der Waals surface area (Å²) in [5, 5.41) is 0. The summed E-state index contributed by atoms with van der Waals surface area (Å²) in [5.41, 5.74) is -0.546. The van der Waals surface area contributed by atoms with Gasteiger partial charge in [-0.2, -0.15) is 13.2 Å². The second-order valence-corrected chi connectivity index (χ2v) is 1.99. The van der Waals surface area contributed by atoms with Gasteiger partial charge in [-0.1, -0.05) is 18.2 Å². The normalized spacial score (nSPS) is 18.9. The fourth-order valence-corrected chi connectivity index (χ4v) is 0.724. The minimum atomic E-state index is -4.18. The van der Waals surface area contributed by atoms with Gasteiger partial charge in [-0.25, -0.2) is 0 Å². The van der Waals surface area contributed by atoms with Crippen LogP contribution in [0.2, 0.25) is 0 Å². The Morgan fingerprint density at radius 1 is 1.30 bits per heavy atom. The van der Waals surface area contributed by atoms with Crippen molar-refractivity contribution in [2.24, 2.45) is 0 Å². The predicted octanol–water partition coefficient (Wildman–Crippen LogP) is 2.64. The maximum atomic E-state index is 11.8. The molecule has 0 N–H and O–H groups in total. The van der Waals surface area contributed by atoms with Crippen LogP contribution >= 0.6 is 0 Å². The van der Waals surface area contributed by atoms with Crippen molar-refractivity contribution in [1.29, 1.82) is 0 Å². The molecular formula is C7H6F3. The summed E-state index contributed by atoms with van der Waals surface area (Å²) in [6, 6.07) is 0. The van der Waals surface area contributed by atoms with E-state index < -0.39 is 11.7 Å². The zero-order valence-corrected chi connectivity index (χ0v) is 5.15. The van der Waals surface area contributed by atoms with E-state index in [1.807, 2.05) is 0 Å². The van der Waals surface area contributed by atoms with Gasteiger partial charge in [0.15, 0.2) is 0 Å². The van der Waals surface area contributed by atoms with E-state index in [9.17, 15) is 13.2 Å². The largest absolute Gasteiger partial charge is 0.416 e. The van der Waals surface area contributed by atoms with Gasteiger partial charge >= 0.3 is 6.18 Å². The minimum absolute atomic E-state index is 0.380. The summed E-state index contributed by atoms with van der Waals surface area (Å²) in [7, 11) is 0. The Bertz CT molecular complexity index is 174. The van der Waals surface area contributed by atoms with Crippen LogP contribution in [0.5, 0.6) is 0 Å². The number of halogens is 3. The van der Waals surface area contributed by atoms with E-state index in [0.29, 0.717) is 6.42 Å². The van der Waals surface area contributed by atoms with E-state index in [4.69, 9.17) is 0 Å². The molecule has 0 spiro atoms. The molecule has 0 bridgehead atoms. The first-order valence-electron chi connectivity index (χ1n) is 2.88. The second-order valence-electron chi connectivity index (χ2n) is 1.99. The molecule has 10 heavy (non-hydrogen) atoms. The predicted molar refractivity (Wildman–Crippen MR) is 32.2 cm³/mol. The van der Waals surface area contributed by atoms with Crippen LogP contribution in [-0.4, -0.2) is 6.18 Å². The lowest BCUT2D eigenvalue weighted by atomic mass is 10.1. The molecule has 1 radical (unpaired) electrons. The molecule has 55 valence electrons. The highest BCUT2D eigenvalue weighted by atomic mass is 19.4.